The summed E-state index contributed by atoms with van der Waals surface area (Å²) in [6, 6.07) is 14.3. The van der Waals surface area contributed by atoms with Gasteiger partial charge < -0.3 is 19.8 Å². The average Bonchev–Trinajstić information content (AvgIpc) is 3.07. The molecule has 0 aliphatic rings. The highest BCUT2D eigenvalue weighted by molar-refractivity contribution is 9.08. The number of benzene rings is 2. The topological polar surface area (TPSA) is 63.3 Å². The van der Waals surface area contributed by atoms with Crippen molar-refractivity contribution in [1.82, 2.24) is 10.3 Å². The van der Waals surface area contributed by atoms with Gasteiger partial charge in [-0.2, -0.15) is 0 Å². The van der Waals surface area contributed by atoms with Crippen molar-refractivity contribution in [3.8, 4) is 5.75 Å². The third-order valence-corrected chi connectivity index (χ3v) is 5.06. The Balaban J connectivity index is 1.63. The third-order valence-electron chi connectivity index (χ3n) is 4.46. The summed E-state index contributed by atoms with van der Waals surface area (Å²) in [5.41, 5.74) is 4.07. The molecule has 0 fully saturated rings. The van der Waals surface area contributed by atoms with Crippen molar-refractivity contribution < 1.29 is 14.3 Å². The molecule has 0 aliphatic carbocycles. The van der Waals surface area contributed by atoms with Crippen molar-refractivity contribution in [2.75, 3.05) is 6.54 Å². The van der Waals surface area contributed by atoms with Gasteiger partial charge in [0, 0.05) is 29.0 Å². The van der Waals surface area contributed by atoms with Crippen LogP contribution >= 0.6 is 15.9 Å². The second kappa shape index (κ2) is 9.35. The van der Waals surface area contributed by atoms with E-state index in [2.05, 4.69) is 38.4 Å². The molecule has 1 heterocycles. The highest BCUT2D eigenvalue weighted by Crippen LogP contribution is 2.25. The molecule has 154 valence electrons. The summed E-state index contributed by atoms with van der Waals surface area (Å²) in [5.74, 6) is 0.822. The Morgan fingerprint density at radius 2 is 1.86 bits per heavy atom. The third kappa shape index (κ3) is 6.00. The van der Waals surface area contributed by atoms with E-state index in [9.17, 15) is 4.79 Å². The molecule has 0 saturated heterocycles. The maximum absolute atomic E-state index is 11.8. The van der Waals surface area contributed by atoms with Gasteiger partial charge in [0.25, 0.3) is 0 Å². The molecule has 0 aliphatic heterocycles. The van der Waals surface area contributed by atoms with Crippen molar-refractivity contribution >= 4 is 32.9 Å². The molecule has 0 atom stereocenters. The average molecular weight is 459 g/mol. The van der Waals surface area contributed by atoms with Crippen molar-refractivity contribution in [2.45, 2.75) is 44.7 Å². The van der Waals surface area contributed by atoms with Crippen LogP contribution in [-0.2, 0) is 23.1 Å². The van der Waals surface area contributed by atoms with Gasteiger partial charge in [0.1, 0.15) is 18.0 Å². The Hall–Kier alpha value is -2.47. The standard InChI is InChI=1S/C23H27BrN2O3/c1-23(2,3)29-22(27)25-11-10-17-14-26-21-9-8-19(12-20(17)21)28-15-18-7-5-4-6-16(18)13-24/h4-9,12,14,26H,10-11,13,15H2,1-3H3,(H,25,27). The Bertz CT molecular complexity index is 976. The number of amides is 1. The van der Waals surface area contributed by atoms with Crippen LogP contribution in [0.1, 0.15) is 37.5 Å². The molecule has 6 heteroatoms. The van der Waals surface area contributed by atoms with Gasteiger partial charge in [-0.25, -0.2) is 4.79 Å². The van der Waals surface area contributed by atoms with Crippen LogP contribution < -0.4 is 10.1 Å². The first-order valence-corrected chi connectivity index (χ1v) is 10.8. The minimum absolute atomic E-state index is 0.396. The van der Waals surface area contributed by atoms with Gasteiger partial charge in [-0.3, -0.25) is 0 Å². The predicted molar refractivity (Wildman–Crippen MR) is 120 cm³/mol. The van der Waals surface area contributed by atoms with E-state index in [-0.39, 0.29) is 0 Å². The first-order chi connectivity index (χ1) is 13.9. The smallest absolute Gasteiger partial charge is 0.407 e. The maximum atomic E-state index is 11.8. The zero-order valence-electron chi connectivity index (χ0n) is 17.0. The molecule has 5 nitrogen and oxygen atoms in total. The molecule has 2 N–H and O–H groups in total. The van der Waals surface area contributed by atoms with Crippen LogP contribution in [0, 0.1) is 0 Å². The number of hydrogen-bond acceptors (Lipinski definition) is 3. The quantitative estimate of drug-likeness (QED) is 0.445. The zero-order chi connectivity index (χ0) is 20.9. The summed E-state index contributed by atoms with van der Waals surface area (Å²) in [6.45, 7) is 6.58. The lowest BCUT2D eigenvalue weighted by molar-refractivity contribution is 0.0528. The van der Waals surface area contributed by atoms with Crippen LogP contribution in [0.5, 0.6) is 5.75 Å². The number of aromatic amines is 1. The molecule has 2 aromatic carbocycles. The fraction of sp³-hybridized carbons (Fsp3) is 0.348. The molecular formula is C23H27BrN2O3. The van der Waals surface area contributed by atoms with Gasteiger partial charge in [-0.15, -0.1) is 0 Å². The van der Waals surface area contributed by atoms with Gasteiger partial charge in [0.2, 0.25) is 0 Å². The number of nitrogens with one attached hydrogen (secondary N) is 2. The summed E-state index contributed by atoms with van der Waals surface area (Å²) in [6.07, 6.45) is 2.28. The van der Waals surface area contributed by atoms with E-state index in [1.54, 1.807) is 0 Å². The molecule has 0 radical (unpaired) electrons. The number of halogens is 1. The van der Waals surface area contributed by atoms with Crippen molar-refractivity contribution in [1.29, 1.82) is 0 Å². The number of fused-ring (bicyclic) bond motifs is 1. The molecule has 0 bridgehead atoms. The van der Waals surface area contributed by atoms with Crippen LogP contribution in [-0.4, -0.2) is 23.2 Å². The number of ether oxygens (including phenoxy) is 2. The Kier molecular flexibility index (Phi) is 6.85. The van der Waals surface area contributed by atoms with Crippen LogP contribution in [0.2, 0.25) is 0 Å². The number of alkyl carbamates (subject to hydrolysis) is 1. The monoisotopic (exact) mass is 458 g/mol. The summed E-state index contributed by atoms with van der Waals surface area (Å²) in [4.78, 5) is 15.1. The zero-order valence-corrected chi connectivity index (χ0v) is 18.6. The second-order valence-corrected chi connectivity index (χ2v) is 8.45. The van der Waals surface area contributed by atoms with E-state index in [0.717, 1.165) is 27.5 Å². The molecule has 1 aromatic heterocycles. The van der Waals surface area contributed by atoms with Crippen LogP contribution in [0.15, 0.2) is 48.7 Å². The predicted octanol–water partition coefficient (Wildman–Crippen LogP) is 5.71. The summed E-state index contributed by atoms with van der Waals surface area (Å²) in [5, 5.41) is 4.71. The van der Waals surface area contributed by atoms with E-state index >= 15 is 0 Å². The number of carbonyl (C=O) groups is 1. The lowest BCUT2D eigenvalue weighted by Gasteiger charge is -2.19. The van der Waals surface area contributed by atoms with Gasteiger partial charge in [-0.1, -0.05) is 40.2 Å². The van der Waals surface area contributed by atoms with Crippen molar-refractivity contribution in [3.05, 3.63) is 65.4 Å². The van der Waals surface area contributed by atoms with E-state index in [0.29, 0.717) is 19.6 Å². The number of carbonyl (C=O) groups excluding carboxylic acids is 1. The maximum Gasteiger partial charge on any atom is 0.407 e. The molecule has 29 heavy (non-hydrogen) atoms. The van der Waals surface area contributed by atoms with Crippen LogP contribution in [0.3, 0.4) is 0 Å². The first kappa shape index (κ1) is 21.2. The lowest BCUT2D eigenvalue weighted by atomic mass is 10.1. The van der Waals surface area contributed by atoms with E-state index in [1.807, 2.05) is 57.3 Å². The number of alkyl halides is 1. The molecule has 0 unspecified atom stereocenters. The number of rotatable bonds is 7. The molecule has 0 saturated carbocycles. The Morgan fingerprint density at radius 1 is 1.10 bits per heavy atom. The fourth-order valence-corrected chi connectivity index (χ4v) is 3.60. The molecule has 3 rings (SSSR count). The highest BCUT2D eigenvalue weighted by atomic mass is 79.9. The SMILES string of the molecule is CC(C)(C)OC(=O)NCCc1c[nH]c2ccc(OCc3ccccc3CBr)cc12. The van der Waals surface area contributed by atoms with Crippen LogP contribution in [0.25, 0.3) is 10.9 Å². The van der Waals surface area contributed by atoms with Gasteiger partial charge >= 0.3 is 6.09 Å². The molecule has 0 spiro atoms. The summed E-state index contributed by atoms with van der Waals surface area (Å²) < 4.78 is 11.3. The fourth-order valence-electron chi connectivity index (χ4n) is 3.06. The largest absolute Gasteiger partial charge is 0.489 e. The van der Waals surface area contributed by atoms with Gasteiger partial charge in [-0.05, 0) is 62.1 Å². The molecule has 3 aromatic rings. The van der Waals surface area contributed by atoms with Gasteiger partial charge in [0.05, 0.1) is 0 Å². The first-order valence-electron chi connectivity index (χ1n) is 9.68. The Morgan fingerprint density at radius 3 is 2.59 bits per heavy atom. The van der Waals surface area contributed by atoms with Crippen molar-refractivity contribution in [3.63, 3.8) is 0 Å². The summed E-state index contributed by atoms with van der Waals surface area (Å²) >= 11 is 3.52. The number of hydrogen-bond donors (Lipinski definition) is 2. The van der Waals surface area contributed by atoms with E-state index < -0.39 is 11.7 Å². The number of H-pyrrole nitrogens is 1. The van der Waals surface area contributed by atoms with E-state index in [4.69, 9.17) is 9.47 Å². The van der Waals surface area contributed by atoms with Gasteiger partial charge in [0.15, 0.2) is 0 Å². The van der Waals surface area contributed by atoms with Crippen molar-refractivity contribution in [2.24, 2.45) is 0 Å². The lowest BCUT2D eigenvalue weighted by Crippen LogP contribution is -2.33. The summed E-state index contributed by atoms with van der Waals surface area (Å²) in [7, 11) is 0. The normalized spacial score (nSPS) is 11.4. The minimum atomic E-state index is -0.495. The Labute approximate surface area is 179 Å². The minimum Gasteiger partial charge on any atom is -0.489 e. The van der Waals surface area contributed by atoms with E-state index in [1.165, 1.54) is 11.1 Å². The second-order valence-electron chi connectivity index (χ2n) is 7.89. The molecule has 1 amide bonds. The van der Waals surface area contributed by atoms with Crippen LogP contribution in [0.4, 0.5) is 4.79 Å². The number of aromatic nitrogens is 1. The highest BCUT2D eigenvalue weighted by Gasteiger charge is 2.15. The molecular weight excluding hydrogens is 432 g/mol.